The van der Waals surface area contributed by atoms with Crippen LogP contribution in [0.5, 0.6) is 0 Å². The van der Waals surface area contributed by atoms with Crippen LogP contribution in [0.2, 0.25) is 0 Å². The van der Waals surface area contributed by atoms with Crippen LogP contribution in [0.4, 0.5) is 0 Å². The first kappa shape index (κ1) is 17.7. The largest absolute Gasteiger partial charge is 0.386 e. The summed E-state index contributed by atoms with van der Waals surface area (Å²) >= 11 is 0. The van der Waals surface area contributed by atoms with Gasteiger partial charge in [-0.1, -0.05) is 45.1 Å². The minimum atomic E-state index is -0.894. The molecule has 3 nitrogen and oxygen atoms in total. The van der Waals surface area contributed by atoms with Crippen LogP contribution in [0.3, 0.4) is 0 Å². The van der Waals surface area contributed by atoms with Gasteiger partial charge >= 0.3 is 0 Å². The number of aliphatic hydroxyl groups is 1. The fraction of sp³-hybridized carbons (Fsp3) is 0.882. The number of ether oxygens (including phenoxy) is 2. The molecule has 1 fully saturated rings. The zero-order valence-corrected chi connectivity index (χ0v) is 13.7. The Balaban J connectivity index is 2.46. The zero-order chi connectivity index (χ0) is 15.2. The molecule has 0 bridgehead atoms. The van der Waals surface area contributed by atoms with Crippen LogP contribution in [0.15, 0.2) is 12.7 Å². The summed E-state index contributed by atoms with van der Waals surface area (Å²) in [5.41, 5.74) is -0.894. The van der Waals surface area contributed by atoms with E-state index >= 15 is 0 Å². The highest BCUT2D eigenvalue weighted by atomic mass is 16.7. The second-order valence-corrected chi connectivity index (χ2v) is 6.68. The topological polar surface area (TPSA) is 38.7 Å². The summed E-state index contributed by atoms with van der Waals surface area (Å²) in [6.07, 6.45) is 9.44. The molecule has 0 aliphatic carbocycles. The molecule has 1 aliphatic rings. The Morgan fingerprint density at radius 3 is 2.35 bits per heavy atom. The van der Waals surface area contributed by atoms with Crippen LogP contribution in [0.25, 0.3) is 0 Å². The highest BCUT2D eigenvalue weighted by molar-refractivity contribution is 4.96. The molecule has 1 saturated heterocycles. The molecule has 1 aliphatic heterocycles. The first-order valence-electron chi connectivity index (χ1n) is 8.01. The Morgan fingerprint density at radius 2 is 1.75 bits per heavy atom. The predicted molar refractivity (Wildman–Crippen MR) is 82.6 cm³/mol. The molecule has 1 N–H and O–H groups in total. The molecular formula is C17H32O3. The molecule has 0 radical (unpaired) electrons. The van der Waals surface area contributed by atoms with E-state index in [9.17, 15) is 5.11 Å². The molecule has 118 valence electrons. The highest BCUT2D eigenvalue weighted by Gasteiger charge is 2.42. The molecule has 0 amide bonds. The van der Waals surface area contributed by atoms with Gasteiger partial charge in [0.1, 0.15) is 0 Å². The van der Waals surface area contributed by atoms with E-state index in [0.29, 0.717) is 6.42 Å². The van der Waals surface area contributed by atoms with E-state index in [0.717, 1.165) is 12.8 Å². The van der Waals surface area contributed by atoms with Gasteiger partial charge in [-0.3, -0.25) is 0 Å². The second-order valence-electron chi connectivity index (χ2n) is 6.68. The van der Waals surface area contributed by atoms with E-state index in [-0.39, 0.29) is 12.2 Å². The van der Waals surface area contributed by atoms with Crippen LogP contribution in [-0.4, -0.2) is 28.7 Å². The van der Waals surface area contributed by atoms with Gasteiger partial charge in [0.15, 0.2) is 5.79 Å². The number of unbranched alkanes of at least 4 members (excludes halogenated alkanes) is 4. The third kappa shape index (κ3) is 5.94. The van der Waals surface area contributed by atoms with Crippen molar-refractivity contribution in [3.63, 3.8) is 0 Å². The van der Waals surface area contributed by atoms with Gasteiger partial charge in [-0.15, -0.1) is 6.58 Å². The summed E-state index contributed by atoms with van der Waals surface area (Å²) in [7, 11) is 0. The van der Waals surface area contributed by atoms with Crippen molar-refractivity contribution in [1.29, 1.82) is 0 Å². The van der Waals surface area contributed by atoms with Crippen LogP contribution in [0.1, 0.15) is 72.6 Å². The molecule has 0 saturated carbocycles. The van der Waals surface area contributed by atoms with Crippen LogP contribution < -0.4 is 0 Å². The van der Waals surface area contributed by atoms with Crippen molar-refractivity contribution in [3.8, 4) is 0 Å². The average molecular weight is 284 g/mol. The Kier molecular flexibility index (Phi) is 6.70. The molecule has 20 heavy (non-hydrogen) atoms. The summed E-state index contributed by atoms with van der Waals surface area (Å²) in [6, 6.07) is 0. The Labute approximate surface area is 124 Å². The van der Waals surface area contributed by atoms with E-state index in [1.807, 2.05) is 13.8 Å². The smallest absolute Gasteiger partial charge is 0.163 e. The standard InChI is InChI=1S/C17H32O3/c1-6-8-9-10-11-12-14-15(13-17(5,18)7-2)20-16(3,4)19-14/h7,14-15,18H,2,6,8-13H2,1,3-5H3/t14-,15-,17?/m1/s1. The van der Waals surface area contributed by atoms with Crippen molar-refractivity contribution >= 4 is 0 Å². The molecule has 3 heteroatoms. The Hall–Kier alpha value is -0.380. The van der Waals surface area contributed by atoms with Gasteiger partial charge in [0.05, 0.1) is 17.8 Å². The molecule has 1 rings (SSSR count). The van der Waals surface area contributed by atoms with E-state index in [4.69, 9.17) is 9.47 Å². The van der Waals surface area contributed by atoms with Crippen molar-refractivity contribution in [1.82, 2.24) is 0 Å². The van der Waals surface area contributed by atoms with Crippen molar-refractivity contribution in [3.05, 3.63) is 12.7 Å². The van der Waals surface area contributed by atoms with Gasteiger partial charge < -0.3 is 14.6 Å². The van der Waals surface area contributed by atoms with Gasteiger partial charge in [0.25, 0.3) is 0 Å². The zero-order valence-electron chi connectivity index (χ0n) is 13.7. The maximum atomic E-state index is 10.2. The van der Waals surface area contributed by atoms with Crippen LogP contribution in [-0.2, 0) is 9.47 Å². The third-order valence-electron chi connectivity index (χ3n) is 3.93. The molecular weight excluding hydrogens is 252 g/mol. The monoisotopic (exact) mass is 284 g/mol. The Morgan fingerprint density at radius 1 is 1.15 bits per heavy atom. The number of rotatable bonds is 9. The minimum absolute atomic E-state index is 0.0517. The van der Waals surface area contributed by atoms with Gasteiger partial charge in [-0.25, -0.2) is 0 Å². The van der Waals surface area contributed by atoms with Crippen molar-refractivity contribution in [2.75, 3.05) is 0 Å². The van der Waals surface area contributed by atoms with Crippen molar-refractivity contribution < 1.29 is 14.6 Å². The first-order valence-corrected chi connectivity index (χ1v) is 8.01. The van der Waals surface area contributed by atoms with E-state index in [1.165, 1.54) is 25.7 Å². The normalized spacial score (nSPS) is 28.2. The predicted octanol–water partition coefficient (Wildman–Crippen LogP) is 4.19. The summed E-state index contributed by atoms with van der Waals surface area (Å²) in [5.74, 6) is -0.546. The summed E-state index contributed by atoms with van der Waals surface area (Å²) < 4.78 is 11.9. The maximum Gasteiger partial charge on any atom is 0.163 e. The lowest BCUT2D eigenvalue weighted by molar-refractivity contribution is -0.149. The van der Waals surface area contributed by atoms with E-state index < -0.39 is 11.4 Å². The highest BCUT2D eigenvalue weighted by Crippen LogP contribution is 2.35. The molecule has 0 aromatic heterocycles. The van der Waals surface area contributed by atoms with Crippen LogP contribution >= 0.6 is 0 Å². The number of hydrogen-bond donors (Lipinski definition) is 1. The molecule has 0 aromatic carbocycles. The lowest BCUT2D eigenvalue weighted by Crippen LogP contribution is -2.33. The first-order chi connectivity index (χ1) is 9.29. The summed E-state index contributed by atoms with van der Waals surface area (Å²) in [5, 5.41) is 10.2. The van der Waals surface area contributed by atoms with E-state index in [1.54, 1.807) is 13.0 Å². The fourth-order valence-electron chi connectivity index (χ4n) is 2.77. The molecule has 1 heterocycles. The molecule has 0 aromatic rings. The van der Waals surface area contributed by atoms with Crippen molar-refractivity contribution in [2.24, 2.45) is 0 Å². The molecule has 1 unspecified atom stereocenters. The SMILES string of the molecule is C=CC(C)(O)C[C@H]1OC(C)(C)O[C@@H]1CCCCCCC. The second kappa shape index (κ2) is 7.58. The number of hydrogen-bond acceptors (Lipinski definition) is 3. The van der Waals surface area contributed by atoms with Crippen LogP contribution in [0, 0.1) is 0 Å². The molecule has 3 atom stereocenters. The third-order valence-corrected chi connectivity index (χ3v) is 3.93. The Bertz CT molecular complexity index is 297. The maximum absolute atomic E-state index is 10.2. The fourth-order valence-corrected chi connectivity index (χ4v) is 2.77. The lowest BCUT2D eigenvalue weighted by Gasteiger charge is -2.25. The lowest BCUT2D eigenvalue weighted by atomic mass is 9.93. The van der Waals surface area contributed by atoms with E-state index in [2.05, 4.69) is 13.5 Å². The van der Waals surface area contributed by atoms with Crippen molar-refractivity contribution in [2.45, 2.75) is 96.2 Å². The summed E-state index contributed by atoms with van der Waals surface area (Å²) in [4.78, 5) is 0. The van der Waals surface area contributed by atoms with Gasteiger partial charge in [0, 0.05) is 6.42 Å². The quantitative estimate of drug-likeness (QED) is 0.509. The average Bonchev–Trinajstić information content (AvgIpc) is 2.63. The van der Waals surface area contributed by atoms with Gasteiger partial charge in [-0.05, 0) is 27.2 Å². The molecule has 0 spiro atoms. The van der Waals surface area contributed by atoms with Gasteiger partial charge in [0.2, 0.25) is 0 Å². The minimum Gasteiger partial charge on any atom is -0.386 e. The summed E-state index contributed by atoms with van der Waals surface area (Å²) in [6.45, 7) is 11.6. The van der Waals surface area contributed by atoms with Gasteiger partial charge in [-0.2, -0.15) is 0 Å².